The molecular weight excluding hydrogens is 190 g/mol. The number of hydrogen-bond donors (Lipinski definition) is 2. The van der Waals surface area contributed by atoms with Gasteiger partial charge in [0, 0.05) is 19.1 Å². The van der Waals surface area contributed by atoms with Crippen molar-refractivity contribution in [3.8, 4) is 0 Å². The summed E-state index contributed by atoms with van der Waals surface area (Å²) in [5.74, 6) is 0.770. The first-order valence-electron chi connectivity index (χ1n) is 5.86. The molecule has 0 bridgehead atoms. The molecule has 1 heterocycles. The maximum Gasteiger partial charge on any atom is 0.312 e. The van der Waals surface area contributed by atoms with Gasteiger partial charge in [-0.1, -0.05) is 13.8 Å². The second-order valence-electron chi connectivity index (χ2n) is 4.81. The highest BCUT2D eigenvalue weighted by atomic mass is 16.2. The molecule has 1 fully saturated rings. The van der Waals surface area contributed by atoms with Gasteiger partial charge in [0.2, 0.25) is 0 Å². The van der Waals surface area contributed by atoms with E-state index in [9.17, 15) is 4.79 Å². The van der Waals surface area contributed by atoms with Crippen LogP contribution < -0.4 is 11.1 Å². The van der Waals surface area contributed by atoms with Crippen LogP contribution >= 0.6 is 0 Å². The lowest BCUT2D eigenvalue weighted by Gasteiger charge is -2.32. The van der Waals surface area contributed by atoms with E-state index in [-0.39, 0.29) is 6.04 Å². The molecule has 4 heteroatoms. The molecule has 88 valence electrons. The number of nitrogens with zero attached hydrogens (tertiary/aromatic N) is 1. The van der Waals surface area contributed by atoms with Crippen molar-refractivity contribution in [2.75, 3.05) is 19.6 Å². The third-order valence-corrected chi connectivity index (χ3v) is 2.96. The molecule has 0 unspecified atom stereocenters. The Balaban J connectivity index is 2.15. The molecule has 1 aliphatic heterocycles. The van der Waals surface area contributed by atoms with Gasteiger partial charge in [-0.05, 0) is 31.7 Å². The van der Waals surface area contributed by atoms with Crippen molar-refractivity contribution in [3.63, 3.8) is 0 Å². The number of urea groups is 1. The highest BCUT2D eigenvalue weighted by Gasteiger charge is 2.19. The van der Waals surface area contributed by atoms with Crippen LogP contribution in [0.4, 0.5) is 4.79 Å². The highest BCUT2D eigenvalue weighted by Crippen LogP contribution is 2.12. The molecule has 0 aromatic heterocycles. The van der Waals surface area contributed by atoms with Crippen molar-refractivity contribution in [1.82, 2.24) is 10.2 Å². The van der Waals surface area contributed by atoms with Crippen molar-refractivity contribution in [1.29, 1.82) is 0 Å². The largest absolute Gasteiger partial charge is 0.352 e. The SMILES string of the molecule is CC(C)CCN1CCC(NC(N)=O)CC1. The number of carbonyl (C=O) groups excluding carboxylic acids is 1. The van der Waals surface area contributed by atoms with E-state index in [1.54, 1.807) is 0 Å². The zero-order valence-electron chi connectivity index (χ0n) is 9.83. The van der Waals surface area contributed by atoms with Gasteiger partial charge in [-0.2, -0.15) is 0 Å². The monoisotopic (exact) mass is 213 g/mol. The van der Waals surface area contributed by atoms with E-state index in [0.717, 1.165) is 31.8 Å². The number of piperidine rings is 1. The van der Waals surface area contributed by atoms with E-state index in [1.807, 2.05) is 0 Å². The maximum atomic E-state index is 10.7. The topological polar surface area (TPSA) is 58.4 Å². The smallest absolute Gasteiger partial charge is 0.312 e. The molecular formula is C11H23N3O. The fourth-order valence-electron chi connectivity index (χ4n) is 1.94. The molecule has 4 nitrogen and oxygen atoms in total. The highest BCUT2D eigenvalue weighted by molar-refractivity contribution is 5.71. The third-order valence-electron chi connectivity index (χ3n) is 2.96. The Bertz CT molecular complexity index is 198. The summed E-state index contributed by atoms with van der Waals surface area (Å²) in [6.07, 6.45) is 3.32. The molecule has 0 saturated carbocycles. The second kappa shape index (κ2) is 5.95. The van der Waals surface area contributed by atoms with Crippen LogP contribution in [0.5, 0.6) is 0 Å². The lowest BCUT2D eigenvalue weighted by atomic mass is 10.0. The second-order valence-corrected chi connectivity index (χ2v) is 4.81. The lowest BCUT2D eigenvalue weighted by molar-refractivity contribution is 0.188. The van der Waals surface area contributed by atoms with Gasteiger partial charge in [0.25, 0.3) is 0 Å². The molecule has 1 saturated heterocycles. The predicted molar refractivity (Wildman–Crippen MR) is 61.6 cm³/mol. The number of hydrogen-bond acceptors (Lipinski definition) is 2. The van der Waals surface area contributed by atoms with Crippen molar-refractivity contribution in [3.05, 3.63) is 0 Å². The Hall–Kier alpha value is -0.770. The van der Waals surface area contributed by atoms with E-state index in [1.165, 1.54) is 13.0 Å². The fourth-order valence-corrected chi connectivity index (χ4v) is 1.94. The Labute approximate surface area is 92.2 Å². The molecule has 2 amide bonds. The summed E-state index contributed by atoms with van der Waals surface area (Å²) >= 11 is 0. The molecule has 0 spiro atoms. The summed E-state index contributed by atoms with van der Waals surface area (Å²) in [4.78, 5) is 13.1. The fraction of sp³-hybridized carbons (Fsp3) is 0.909. The number of likely N-dealkylation sites (tertiary alicyclic amines) is 1. The quantitative estimate of drug-likeness (QED) is 0.736. The number of nitrogens with one attached hydrogen (secondary N) is 1. The Kier molecular flexibility index (Phi) is 4.88. The summed E-state index contributed by atoms with van der Waals surface area (Å²) in [7, 11) is 0. The summed E-state index contributed by atoms with van der Waals surface area (Å²) in [6.45, 7) is 7.85. The van der Waals surface area contributed by atoms with Crippen LogP contribution in [-0.4, -0.2) is 36.6 Å². The third kappa shape index (κ3) is 5.02. The molecule has 0 aliphatic carbocycles. The Morgan fingerprint density at radius 3 is 2.53 bits per heavy atom. The average molecular weight is 213 g/mol. The minimum absolute atomic E-state index is 0.290. The number of amides is 2. The van der Waals surface area contributed by atoms with Crippen molar-refractivity contribution < 1.29 is 4.79 Å². The molecule has 0 aromatic carbocycles. The van der Waals surface area contributed by atoms with Gasteiger partial charge < -0.3 is 16.0 Å². The Morgan fingerprint density at radius 2 is 2.07 bits per heavy atom. The summed E-state index contributed by atoms with van der Waals surface area (Å²) in [5, 5.41) is 2.78. The number of carbonyl (C=O) groups is 1. The van der Waals surface area contributed by atoms with Crippen molar-refractivity contribution >= 4 is 6.03 Å². The van der Waals surface area contributed by atoms with Gasteiger partial charge in [0.05, 0.1) is 0 Å². The maximum absolute atomic E-state index is 10.7. The van der Waals surface area contributed by atoms with Crippen LogP contribution in [0.1, 0.15) is 33.1 Å². The first kappa shape index (κ1) is 12.3. The van der Waals surface area contributed by atoms with Crippen LogP contribution in [0.25, 0.3) is 0 Å². The molecule has 0 aromatic rings. The summed E-state index contributed by atoms with van der Waals surface area (Å²) < 4.78 is 0. The summed E-state index contributed by atoms with van der Waals surface area (Å²) in [5.41, 5.74) is 5.09. The molecule has 0 atom stereocenters. The van der Waals surface area contributed by atoms with Crippen LogP contribution in [0.3, 0.4) is 0 Å². The van der Waals surface area contributed by atoms with E-state index >= 15 is 0 Å². The normalized spacial score (nSPS) is 19.4. The van der Waals surface area contributed by atoms with Gasteiger partial charge in [-0.15, -0.1) is 0 Å². The minimum atomic E-state index is -0.393. The number of nitrogens with two attached hydrogens (primary N) is 1. The molecule has 1 rings (SSSR count). The molecule has 3 N–H and O–H groups in total. The lowest BCUT2D eigenvalue weighted by Crippen LogP contribution is -2.46. The minimum Gasteiger partial charge on any atom is -0.352 e. The van der Waals surface area contributed by atoms with Gasteiger partial charge in [-0.25, -0.2) is 4.79 Å². The standard InChI is InChI=1S/C11H23N3O/c1-9(2)3-6-14-7-4-10(5-8-14)13-11(12)15/h9-10H,3-8H2,1-2H3,(H3,12,13,15). The summed E-state index contributed by atoms with van der Waals surface area (Å²) in [6, 6.07) is -0.103. The van der Waals surface area contributed by atoms with E-state index in [4.69, 9.17) is 5.73 Å². The van der Waals surface area contributed by atoms with Crippen LogP contribution in [-0.2, 0) is 0 Å². The van der Waals surface area contributed by atoms with Gasteiger partial charge in [0.15, 0.2) is 0 Å². The van der Waals surface area contributed by atoms with E-state index in [0.29, 0.717) is 0 Å². The van der Waals surface area contributed by atoms with Gasteiger partial charge in [0.1, 0.15) is 0 Å². The zero-order valence-corrected chi connectivity index (χ0v) is 9.83. The van der Waals surface area contributed by atoms with Crippen molar-refractivity contribution in [2.45, 2.75) is 39.2 Å². The molecule has 1 aliphatic rings. The van der Waals surface area contributed by atoms with Gasteiger partial charge >= 0.3 is 6.03 Å². The average Bonchev–Trinajstić information content (AvgIpc) is 2.16. The molecule has 15 heavy (non-hydrogen) atoms. The van der Waals surface area contributed by atoms with E-state index in [2.05, 4.69) is 24.1 Å². The van der Waals surface area contributed by atoms with E-state index < -0.39 is 6.03 Å². The first-order valence-corrected chi connectivity index (χ1v) is 5.86. The van der Waals surface area contributed by atoms with Crippen LogP contribution in [0.15, 0.2) is 0 Å². The first-order chi connectivity index (χ1) is 7.08. The van der Waals surface area contributed by atoms with Crippen molar-refractivity contribution in [2.24, 2.45) is 11.7 Å². The molecule has 0 radical (unpaired) electrons. The zero-order chi connectivity index (χ0) is 11.3. The predicted octanol–water partition coefficient (Wildman–Crippen LogP) is 1.17. The Morgan fingerprint density at radius 1 is 1.47 bits per heavy atom. The van der Waals surface area contributed by atoms with Crippen LogP contribution in [0.2, 0.25) is 0 Å². The number of primary amides is 1. The van der Waals surface area contributed by atoms with Gasteiger partial charge in [-0.3, -0.25) is 0 Å². The van der Waals surface area contributed by atoms with Crippen LogP contribution in [0, 0.1) is 5.92 Å². The number of rotatable bonds is 4.